The Kier molecular flexibility index (Phi) is 25.0. The molecule has 162 valence electrons. The number of nitrogens with one attached hydrogen (secondary N) is 1. The summed E-state index contributed by atoms with van der Waals surface area (Å²) in [6.07, 6.45) is 2.77. The molecular formula is C24H55NO. The minimum atomic E-state index is 0.670. The summed E-state index contributed by atoms with van der Waals surface area (Å²) in [6.45, 7) is 30.8. The predicted molar refractivity (Wildman–Crippen MR) is 122 cm³/mol. The maximum absolute atomic E-state index is 5.36. The Hall–Kier alpha value is -0.0800. The summed E-state index contributed by atoms with van der Waals surface area (Å²) in [5, 5.41) is 3.38. The van der Waals surface area contributed by atoms with E-state index in [0.29, 0.717) is 11.8 Å². The van der Waals surface area contributed by atoms with Gasteiger partial charge in [0.25, 0.3) is 0 Å². The standard InChI is InChI=1S/C8H19N.C8H18O.C8H18/c2*1-7(2)5-9-6-8(3)4;1-7(2)5-6-8(3)4/h7-9H,5-6H2,1-4H3;7-8H,5-6H2,1-4H3;7-8H,5-6H2,1-4H3. The van der Waals surface area contributed by atoms with Crippen LogP contribution in [0.15, 0.2) is 0 Å². The average Bonchev–Trinajstić information content (AvgIpc) is 2.45. The third kappa shape index (κ3) is 43.9. The van der Waals surface area contributed by atoms with Gasteiger partial charge in [-0.1, -0.05) is 95.9 Å². The molecule has 0 spiro atoms. The molecule has 0 rings (SSSR count). The van der Waals surface area contributed by atoms with Crippen LogP contribution >= 0.6 is 0 Å². The van der Waals surface area contributed by atoms with Gasteiger partial charge in [-0.15, -0.1) is 0 Å². The molecular weight excluding hydrogens is 318 g/mol. The van der Waals surface area contributed by atoms with Crippen LogP contribution in [0.3, 0.4) is 0 Å². The van der Waals surface area contributed by atoms with E-state index < -0.39 is 0 Å². The Balaban J connectivity index is -0.000000306. The Morgan fingerprint density at radius 3 is 0.962 bits per heavy atom. The van der Waals surface area contributed by atoms with Crippen LogP contribution in [-0.4, -0.2) is 26.3 Å². The van der Waals surface area contributed by atoms with E-state index in [0.717, 1.165) is 50.0 Å². The first-order chi connectivity index (χ1) is 11.9. The van der Waals surface area contributed by atoms with Crippen LogP contribution in [-0.2, 0) is 4.74 Å². The summed E-state index contributed by atoms with van der Waals surface area (Å²) < 4.78 is 5.36. The van der Waals surface area contributed by atoms with E-state index >= 15 is 0 Å². The Bertz CT molecular complexity index is 203. The van der Waals surface area contributed by atoms with Gasteiger partial charge >= 0.3 is 0 Å². The van der Waals surface area contributed by atoms with Gasteiger partial charge in [-0.05, 0) is 48.6 Å². The minimum absolute atomic E-state index is 0.670. The van der Waals surface area contributed by atoms with Crippen LogP contribution < -0.4 is 5.32 Å². The van der Waals surface area contributed by atoms with Gasteiger partial charge < -0.3 is 10.1 Å². The quantitative estimate of drug-likeness (QED) is 0.411. The van der Waals surface area contributed by atoms with E-state index in [1.165, 1.54) is 12.8 Å². The second-order valence-electron chi connectivity index (χ2n) is 10.1. The molecule has 0 heterocycles. The van der Waals surface area contributed by atoms with Crippen molar-refractivity contribution < 1.29 is 4.74 Å². The zero-order valence-corrected chi connectivity index (χ0v) is 20.6. The van der Waals surface area contributed by atoms with Crippen molar-refractivity contribution in [1.29, 1.82) is 0 Å². The van der Waals surface area contributed by atoms with E-state index in [1.807, 2.05) is 0 Å². The Labute approximate surface area is 168 Å². The molecule has 0 aliphatic carbocycles. The normalized spacial score (nSPS) is 11.3. The van der Waals surface area contributed by atoms with E-state index in [4.69, 9.17) is 4.74 Å². The highest BCUT2D eigenvalue weighted by atomic mass is 16.5. The van der Waals surface area contributed by atoms with Crippen LogP contribution in [0.2, 0.25) is 0 Å². The van der Waals surface area contributed by atoms with Gasteiger partial charge in [0.15, 0.2) is 0 Å². The van der Waals surface area contributed by atoms with Crippen molar-refractivity contribution >= 4 is 0 Å². The van der Waals surface area contributed by atoms with Crippen molar-refractivity contribution in [3.05, 3.63) is 0 Å². The minimum Gasteiger partial charge on any atom is -0.381 e. The van der Waals surface area contributed by atoms with Gasteiger partial charge in [-0.25, -0.2) is 0 Å². The predicted octanol–water partition coefficient (Wildman–Crippen LogP) is 7.28. The molecule has 0 amide bonds. The molecule has 0 saturated heterocycles. The maximum atomic E-state index is 5.36. The number of hydrogen-bond acceptors (Lipinski definition) is 2. The third-order valence-corrected chi connectivity index (χ3v) is 3.33. The lowest BCUT2D eigenvalue weighted by Gasteiger charge is -2.08. The van der Waals surface area contributed by atoms with Crippen LogP contribution in [0.5, 0.6) is 0 Å². The molecule has 0 saturated carbocycles. The third-order valence-electron chi connectivity index (χ3n) is 3.33. The molecule has 0 aliphatic heterocycles. The molecule has 0 aromatic carbocycles. The largest absolute Gasteiger partial charge is 0.381 e. The summed E-state index contributed by atoms with van der Waals surface area (Å²) in [6, 6.07) is 0. The lowest BCUT2D eigenvalue weighted by atomic mass is 10.0. The topological polar surface area (TPSA) is 21.3 Å². The van der Waals surface area contributed by atoms with Gasteiger partial charge in [0.05, 0.1) is 0 Å². The summed E-state index contributed by atoms with van der Waals surface area (Å²) in [5.74, 6) is 4.68. The molecule has 2 heteroatoms. The first-order valence-corrected chi connectivity index (χ1v) is 11.2. The van der Waals surface area contributed by atoms with Crippen LogP contribution in [0.1, 0.15) is 95.9 Å². The van der Waals surface area contributed by atoms with E-state index in [2.05, 4.69) is 88.4 Å². The molecule has 0 bridgehead atoms. The van der Waals surface area contributed by atoms with Gasteiger partial charge in [0.2, 0.25) is 0 Å². The molecule has 0 aromatic heterocycles. The van der Waals surface area contributed by atoms with E-state index in [-0.39, 0.29) is 0 Å². The Morgan fingerprint density at radius 1 is 0.462 bits per heavy atom. The fourth-order valence-corrected chi connectivity index (χ4v) is 1.87. The van der Waals surface area contributed by atoms with Crippen molar-refractivity contribution in [3.8, 4) is 0 Å². The molecule has 1 N–H and O–H groups in total. The van der Waals surface area contributed by atoms with Gasteiger partial charge in [0.1, 0.15) is 0 Å². The first kappa shape index (κ1) is 30.6. The van der Waals surface area contributed by atoms with Gasteiger partial charge in [-0.2, -0.15) is 0 Å². The number of rotatable bonds is 11. The highest BCUT2D eigenvalue weighted by molar-refractivity contribution is 4.53. The molecule has 0 aromatic rings. The van der Waals surface area contributed by atoms with Crippen molar-refractivity contribution in [2.75, 3.05) is 26.3 Å². The fourth-order valence-electron chi connectivity index (χ4n) is 1.87. The molecule has 0 radical (unpaired) electrons. The monoisotopic (exact) mass is 373 g/mol. The number of hydrogen-bond donors (Lipinski definition) is 1. The summed E-state index contributed by atoms with van der Waals surface area (Å²) in [4.78, 5) is 0. The Morgan fingerprint density at radius 2 is 0.769 bits per heavy atom. The van der Waals surface area contributed by atoms with E-state index in [1.54, 1.807) is 0 Å². The van der Waals surface area contributed by atoms with Crippen LogP contribution in [0.25, 0.3) is 0 Å². The average molecular weight is 374 g/mol. The molecule has 0 fully saturated rings. The van der Waals surface area contributed by atoms with Gasteiger partial charge in [-0.3, -0.25) is 0 Å². The summed E-state index contributed by atoms with van der Waals surface area (Å²) in [7, 11) is 0. The number of ether oxygens (including phenoxy) is 1. The SMILES string of the molecule is CC(C)CCC(C)C.CC(C)CNCC(C)C.CC(C)COCC(C)C. The molecule has 0 atom stereocenters. The second-order valence-corrected chi connectivity index (χ2v) is 10.1. The zero-order valence-electron chi connectivity index (χ0n) is 20.6. The van der Waals surface area contributed by atoms with Crippen molar-refractivity contribution in [1.82, 2.24) is 5.32 Å². The van der Waals surface area contributed by atoms with Crippen LogP contribution in [0, 0.1) is 35.5 Å². The van der Waals surface area contributed by atoms with Crippen molar-refractivity contribution in [2.45, 2.75) is 95.9 Å². The molecule has 0 aliphatic rings. The lowest BCUT2D eigenvalue weighted by molar-refractivity contribution is 0.0886. The van der Waals surface area contributed by atoms with Crippen LogP contribution in [0.4, 0.5) is 0 Å². The molecule has 2 nitrogen and oxygen atoms in total. The first-order valence-electron chi connectivity index (χ1n) is 11.2. The van der Waals surface area contributed by atoms with Crippen molar-refractivity contribution in [3.63, 3.8) is 0 Å². The van der Waals surface area contributed by atoms with Gasteiger partial charge in [0, 0.05) is 13.2 Å². The van der Waals surface area contributed by atoms with Crippen molar-refractivity contribution in [2.24, 2.45) is 35.5 Å². The zero-order chi connectivity index (χ0) is 21.1. The molecule has 26 heavy (non-hydrogen) atoms. The fraction of sp³-hybridized carbons (Fsp3) is 1.00. The highest BCUT2D eigenvalue weighted by Crippen LogP contribution is 2.09. The molecule has 0 unspecified atom stereocenters. The summed E-state index contributed by atoms with van der Waals surface area (Å²) >= 11 is 0. The maximum Gasteiger partial charge on any atom is 0.0489 e. The summed E-state index contributed by atoms with van der Waals surface area (Å²) in [5.41, 5.74) is 0. The smallest absolute Gasteiger partial charge is 0.0489 e. The van der Waals surface area contributed by atoms with E-state index in [9.17, 15) is 0 Å². The lowest BCUT2D eigenvalue weighted by Crippen LogP contribution is -2.23. The highest BCUT2D eigenvalue weighted by Gasteiger charge is 1.96. The second kappa shape index (κ2) is 21.2.